The van der Waals surface area contributed by atoms with Crippen molar-refractivity contribution in [1.29, 1.82) is 0 Å². The van der Waals surface area contributed by atoms with Crippen LogP contribution in [-0.2, 0) is 7.05 Å². The van der Waals surface area contributed by atoms with Gasteiger partial charge in [0.1, 0.15) is 0 Å². The average molecular weight is 271 g/mol. The zero-order valence-electron chi connectivity index (χ0n) is 9.48. The molecule has 0 saturated heterocycles. The molecule has 0 spiro atoms. The lowest BCUT2D eigenvalue weighted by Gasteiger charge is -2.17. The van der Waals surface area contributed by atoms with E-state index in [4.69, 9.17) is 23.2 Å². The SMILES string of the molecule is CNC(c1ncc(Cl)cc1Cl)c1ccnn1C. The summed E-state index contributed by atoms with van der Waals surface area (Å²) in [6, 6.07) is 3.51. The fourth-order valence-electron chi connectivity index (χ4n) is 1.73. The number of hydrogen-bond acceptors (Lipinski definition) is 3. The summed E-state index contributed by atoms with van der Waals surface area (Å²) in [7, 11) is 3.73. The highest BCUT2D eigenvalue weighted by atomic mass is 35.5. The summed E-state index contributed by atoms with van der Waals surface area (Å²) in [5.41, 5.74) is 1.73. The number of aromatic nitrogens is 3. The zero-order valence-corrected chi connectivity index (χ0v) is 11.0. The normalized spacial score (nSPS) is 12.7. The number of halogens is 2. The Bertz CT molecular complexity index is 524. The van der Waals surface area contributed by atoms with Crippen molar-refractivity contribution in [2.45, 2.75) is 6.04 Å². The van der Waals surface area contributed by atoms with Crippen LogP contribution in [0, 0.1) is 0 Å². The van der Waals surface area contributed by atoms with Crippen LogP contribution in [0.1, 0.15) is 17.4 Å². The Kier molecular flexibility index (Phi) is 3.66. The maximum Gasteiger partial charge on any atom is 0.0934 e. The highest BCUT2D eigenvalue weighted by molar-refractivity contribution is 6.34. The van der Waals surface area contributed by atoms with Crippen molar-refractivity contribution in [3.05, 3.63) is 46.0 Å². The van der Waals surface area contributed by atoms with Gasteiger partial charge in [-0.25, -0.2) is 0 Å². The molecule has 2 aromatic heterocycles. The van der Waals surface area contributed by atoms with Crippen LogP contribution in [0.5, 0.6) is 0 Å². The Morgan fingerprint density at radius 3 is 2.71 bits per heavy atom. The largest absolute Gasteiger partial charge is 0.307 e. The molecule has 0 aliphatic heterocycles. The molecule has 0 aliphatic carbocycles. The van der Waals surface area contributed by atoms with Crippen LogP contribution in [0.4, 0.5) is 0 Å². The molecule has 2 aromatic rings. The van der Waals surface area contributed by atoms with E-state index in [9.17, 15) is 0 Å². The number of nitrogens with one attached hydrogen (secondary N) is 1. The Labute approximate surface area is 110 Å². The maximum atomic E-state index is 6.16. The molecule has 1 N–H and O–H groups in total. The highest BCUT2D eigenvalue weighted by Gasteiger charge is 2.19. The minimum Gasteiger partial charge on any atom is -0.307 e. The summed E-state index contributed by atoms with van der Waals surface area (Å²) in [4.78, 5) is 4.28. The van der Waals surface area contributed by atoms with Gasteiger partial charge in [0.15, 0.2) is 0 Å². The third-order valence-corrected chi connectivity index (χ3v) is 3.06. The molecule has 0 amide bonds. The molecular formula is C11H12Cl2N4. The third-order valence-electron chi connectivity index (χ3n) is 2.55. The van der Waals surface area contributed by atoms with Crippen LogP contribution in [0.15, 0.2) is 24.5 Å². The van der Waals surface area contributed by atoms with Crippen LogP contribution < -0.4 is 5.32 Å². The smallest absolute Gasteiger partial charge is 0.0934 e. The Hall–Kier alpha value is -1.10. The molecule has 2 heterocycles. The van der Waals surface area contributed by atoms with Crippen LogP contribution in [0.25, 0.3) is 0 Å². The summed E-state index contributed by atoms with van der Waals surface area (Å²) in [5.74, 6) is 0. The van der Waals surface area contributed by atoms with E-state index in [-0.39, 0.29) is 6.04 Å². The van der Waals surface area contributed by atoms with Crippen molar-refractivity contribution in [1.82, 2.24) is 20.1 Å². The minimum absolute atomic E-state index is 0.104. The summed E-state index contributed by atoms with van der Waals surface area (Å²) >= 11 is 12.0. The number of nitrogens with zero attached hydrogens (tertiary/aromatic N) is 3. The second kappa shape index (κ2) is 5.04. The molecule has 0 fully saturated rings. The van der Waals surface area contributed by atoms with Crippen molar-refractivity contribution < 1.29 is 0 Å². The van der Waals surface area contributed by atoms with Gasteiger partial charge < -0.3 is 5.32 Å². The lowest BCUT2D eigenvalue weighted by Crippen LogP contribution is -2.22. The molecule has 0 aromatic carbocycles. The van der Waals surface area contributed by atoms with E-state index >= 15 is 0 Å². The lowest BCUT2D eigenvalue weighted by atomic mass is 10.1. The predicted octanol–water partition coefficient (Wildman–Crippen LogP) is 2.43. The van der Waals surface area contributed by atoms with E-state index in [0.29, 0.717) is 10.0 Å². The molecule has 6 heteroatoms. The van der Waals surface area contributed by atoms with E-state index < -0.39 is 0 Å². The van der Waals surface area contributed by atoms with Gasteiger partial charge in [-0.1, -0.05) is 23.2 Å². The second-order valence-corrected chi connectivity index (χ2v) is 4.47. The average Bonchev–Trinajstić information content (AvgIpc) is 2.69. The van der Waals surface area contributed by atoms with Gasteiger partial charge in [0.25, 0.3) is 0 Å². The summed E-state index contributed by atoms with van der Waals surface area (Å²) in [6.45, 7) is 0. The zero-order chi connectivity index (χ0) is 12.4. The van der Waals surface area contributed by atoms with Crippen LogP contribution in [0.2, 0.25) is 10.0 Å². The van der Waals surface area contributed by atoms with Crippen molar-refractivity contribution in [2.24, 2.45) is 7.05 Å². The van der Waals surface area contributed by atoms with Crippen molar-refractivity contribution >= 4 is 23.2 Å². The van der Waals surface area contributed by atoms with Crippen LogP contribution >= 0.6 is 23.2 Å². The molecule has 1 unspecified atom stereocenters. The highest BCUT2D eigenvalue weighted by Crippen LogP contribution is 2.27. The fraction of sp³-hybridized carbons (Fsp3) is 0.273. The van der Waals surface area contributed by atoms with Gasteiger partial charge >= 0.3 is 0 Å². The van der Waals surface area contributed by atoms with Gasteiger partial charge in [-0.2, -0.15) is 5.10 Å². The number of rotatable bonds is 3. The van der Waals surface area contributed by atoms with Gasteiger partial charge in [0.05, 0.1) is 27.5 Å². The predicted molar refractivity (Wildman–Crippen MR) is 68.4 cm³/mol. The van der Waals surface area contributed by atoms with Gasteiger partial charge in [0.2, 0.25) is 0 Å². The van der Waals surface area contributed by atoms with Crippen LogP contribution in [0.3, 0.4) is 0 Å². The van der Waals surface area contributed by atoms with Gasteiger partial charge in [0, 0.05) is 19.4 Å². The first-order valence-electron chi connectivity index (χ1n) is 5.09. The van der Waals surface area contributed by atoms with Crippen LogP contribution in [-0.4, -0.2) is 21.8 Å². The van der Waals surface area contributed by atoms with E-state index in [1.807, 2.05) is 20.2 Å². The van der Waals surface area contributed by atoms with E-state index in [2.05, 4.69) is 15.4 Å². The molecule has 0 saturated carbocycles. The standard InChI is InChI=1S/C11H12Cl2N4/c1-14-11(9-3-4-16-17(9)2)10-8(13)5-7(12)6-15-10/h3-6,11,14H,1-2H3. The molecule has 90 valence electrons. The molecule has 1 atom stereocenters. The van der Waals surface area contributed by atoms with E-state index in [1.165, 1.54) is 0 Å². The molecule has 4 nitrogen and oxygen atoms in total. The van der Waals surface area contributed by atoms with Gasteiger partial charge in [-0.05, 0) is 19.2 Å². The first-order valence-corrected chi connectivity index (χ1v) is 5.85. The minimum atomic E-state index is -0.104. The number of aryl methyl sites for hydroxylation is 1. The Morgan fingerprint density at radius 1 is 1.41 bits per heavy atom. The fourth-order valence-corrected chi connectivity index (χ4v) is 2.22. The number of pyridine rings is 1. The lowest BCUT2D eigenvalue weighted by molar-refractivity contribution is 0.594. The first kappa shape index (κ1) is 12.4. The van der Waals surface area contributed by atoms with Crippen molar-refractivity contribution in [2.75, 3.05) is 7.05 Å². The molecular weight excluding hydrogens is 259 g/mol. The summed E-state index contributed by atoms with van der Waals surface area (Å²) in [5, 5.41) is 8.38. The van der Waals surface area contributed by atoms with Crippen molar-refractivity contribution in [3.8, 4) is 0 Å². The molecule has 0 bridgehead atoms. The van der Waals surface area contributed by atoms with E-state index in [1.54, 1.807) is 23.1 Å². The second-order valence-electron chi connectivity index (χ2n) is 3.62. The van der Waals surface area contributed by atoms with Gasteiger partial charge in [-0.3, -0.25) is 9.67 Å². The summed E-state index contributed by atoms with van der Waals surface area (Å²) in [6.07, 6.45) is 3.33. The van der Waals surface area contributed by atoms with Crippen molar-refractivity contribution in [3.63, 3.8) is 0 Å². The summed E-state index contributed by atoms with van der Waals surface area (Å²) < 4.78 is 1.79. The number of hydrogen-bond donors (Lipinski definition) is 1. The first-order chi connectivity index (χ1) is 8.13. The Morgan fingerprint density at radius 2 is 2.18 bits per heavy atom. The molecule has 2 rings (SSSR count). The molecule has 0 aliphatic rings. The van der Waals surface area contributed by atoms with Gasteiger partial charge in [-0.15, -0.1) is 0 Å². The topological polar surface area (TPSA) is 42.7 Å². The Balaban J connectivity index is 2.46. The monoisotopic (exact) mass is 270 g/mol. The molecule has 0 radical (unpaired) electrons. The van der Waals surface area contributed by atoms with E-state index in [0.717, 1.165) is 11.4 Å². The third kappa shape index (κ3) is 2.44. The maximum absolute atomic E-state index is 6.16. The quantitative estimate of drug-likeness (QED) is 0.932. The molecule has 17 heavy (non-hydrogen) atoms.